The monoisotopic (exact) mass is 230 g/mol. The number of hydrogen-bond acceptors (Lipinski definition) is 4. The van der Waals surface area contributed by atoms with E-state index < -0.39 is 5.97 Å². The summed E-state index contributed by atoms with van der Waals surface area (Å²) in [6, 6.07) is 1.77. The molecule has 0 heterocycles. The Morgan fingerprint density at radius 3 is 2.53 bits per heavy atom. The molecule has 6 heteroatoms. The van der Waals surface area contributed by atoms with Gasteiger partial charge in [-0.25, -0.2) is 0 Å². The topological polar surface area (TPSA) is 81.4 Å². The van der Waals surface area contributed by atoms with Crippen LogP contribution in [0.2, 0.25) is 0 Å². The Kier molecular flexibility index (Phi) is 6.54. The molecule has 1 N–H and O–H groups in total. The summed E-state index contributed by atoms with van der Waals surface area (Å²) in [7, 11) is 0. The lowest BCUT2D eigenvalue weighted by molar-refractivity contribution is -0.144. The van der Waals surface area contributed by atoms with Crippen LogP contribution in [-0.2, 0) is 9.59 Å². The molecule has 5 nitrogen and oxygen atoms in total. The van der Waals surface area contributed by atoms with Gasteiger partial charge in [-0.1, -0.05) is 0 Å². The van der Waals surface area contributed by atoms with Crippen LogP contribution < -0.4 is 0 Å². The molecule has 0 aliphatic heterocycles. The third-order valence-electron chi connectivity index (χ3n) is 1.64. The van der Waals surface area contributed by atoms with E-state index in [0.29, 0.717) is 0 Å². The van der Waals surface area contributed by atoms with Crippen molar-refractivity contribution in [2.75, 3.05) is 18.1 Å². The number of amides is 1. The first-order chi connectivity index (χ1) is 6.99. The van der Waals surface area contributed by atoms with Crippen LogP contribution in [0.15, 0.2) is 0 Å². The van der Waals surface area contributed by atoms with Crippen LogP contribution in [0.4, 0.5) is 0 Å². The minimum Gasteiger partial charge on any atom is -0.480 e. The summed E-state index contributed by atoms with van der Waals surface area (Å²) in [5.41, 5.74) is 0. The average Bonchev–Trinajstić information content (AvgIpc) is 2.13. The summed E-state index contributed by atoms with van der Waals surface area (Å²) >= 11 is 1.19. The van der Waals surface area contributed by atoms with Gasteiger partial charge in [0.2, 0.25) is 5.91 Å². The minimum absolute atomic E-state index is 0.142. The molecule has 0 spiro atoms. The molecule has 0 unspecified atom stereocenters. The molecule has 0 aliphatic carbocycles. The maximum atomic E-state index is 11.5. The molecule has 0 aliphatic rings. The van der Waals surface area contributed by atoms with Crippen molar-refractivity contribution in [3.63, 3.8) is 0 Å². The van der Waals surface area contributed by atoms with Gasteiger partial charge < -0.3 is 10.0 Å². The molecule has 15 heavy (non-hydrogen) atoms. The van der Waals surface area contributed by atoms with Crippen molar-refractivity contribution in [2.24, 2.45) is 0 Å². The summed E-state index contributed by atoms with van der Waals surface area (Å²) in [6.07, 6.45) is 0. The molecular formula is C9H14N2O3S. The van der Waals surface area contributed by atoms with Gasteiger partial charge in [0, 0.05) is 6.04 Å². The number of rotatable bonds is 6. The highest BCUT2D eigenvalue weighted by atomic mass is 32.2. The highest BCUT2D eigenvalue weighted by Crippen LogP contribution is 2.05. The van der Waals surface area contributed by atoms with Gasteiger partial charge in [-0.15, -0.1) is 11.8 Å². The minimum atomic E-state index is -1.03. The Morgan fingerprint density at radius 1 is 1.53 bits per heavy atom. The normalized spacial score (nSPS) is 9.73. The van der Waals surface area contributed by atoms with Crippen LogP contribution in [0, 0.1) is 11.3 Å². The third-order valence-corrected chi connectivity index (χ3v) is 2.43. The van der Waals surface area contributed by atoms with Crippen molar-refractivity contribution in [2.45, 2.75) is 19.9 Å². The Balaban J connectivity index is 4.18. The van der Waals surface area contributed by atoms with E-state index in [-0.39, 0.29) is 30.0 Å². The van der Waals surface area contributed by atoms with Crippen molar-refractivity contribution in [1.29, 1.82) is 5.26 Å². The third kappa shape index (κ3) is 5.96. The van der Waals surface area contributed by atoms with E-state index in [1.54, 1.807) is 13.8 Å². The van der Waals surface area contributed by atoms with Crippen molar-refractivity contribution in [3.05, 3.63) is 0 Å². The summed E-state index contributed by atoms with van der Waals surface area (Å²) in [5, 5.41) is 16.9. The largest absolute Gasteiger partial charge is 0.480 e. The highest BCUT2D eigenvalue weighted by molar-refractivity contribution is 8.00. The van der Waals surface area contributed by atoms with Gasteiger partial charge in [0.15, 0.2) is 0 Å². The first-order valence-corrected chi connectivity index (χ1v) is 5.60. The van der Waals surface area contributed by atoms with Gasteiger partial charge in [0.25, 0.3) is 0 Å². The molecule has 0 bridgehead atoms. The van der Waals surface area contributed by atoms with Gasteiger partial charge in [0.1, 0.15) is 6.54 Å². The van der Waals surface area contributed by atoms with Crippen molar-refractivity contribution in [3.8, 4) is 6.07 Å². The zero-order chi connectivity index (χ0) is 11.8. The van der Waals surface area contributed by atoms with Gasteiger partial charge >= 0.3 is 5.97 Å². The van der Waals surface area contributed by atoms with E-state index in [9.17, 15) is 9.59 Å². The fourth-order valence-corrected chi connectivity index (χ4v) is 1.51. The van der Waals surface area contributed by atoms with E-state index in [1.807, 2.05) is 6.07 Å². The van der Waals surface area contributed by atoms with Crippen molar-refractivity contribution in [1.82, 2.24) is 4.90 Å². The van der Waals surface area contributed by atoms with Crippen LogP contribution in [0.3, 0.4) is 0 Å². The zero-order valence-corrected chi connectivity index (χ0v) is 9.58. The predicted molar refractivity (Wildman–Crippen MR) is 57.4 cm³/mol. The first-order valence-electron chi connectivity index (χ1n) is 4.45. The van der Waals surface area contributed by atoms with Crippen LogP contribution in [-0.4, -0.2) is 46.0 Å². The molecule has 0 aromatic carbocycles. The maximum absolute atomic E-state index is 11.5. The smallest absolute Gasteiger partial charge is 0.323 e. The molecular weight excluding hydrogens is 216 g/mol. The van der Waals surface area contributed by atoms with Gasteiger partial charge in [-0.05, 0) is 13.8 Å². The Labute approximate surface area is 93.1 Å². The Morgan fingerprint density at radius 2 is 2.13 bits per heavy atom. The molecule has 84 valence electrons. The second kappa shape index (κ2) is 7.12. The molecule has 0 atom stereocenters. The van der Waals surface area contributed by atoms with Crippen molar-refractivity contribution >= 4 is 23.6 Å². The summed E-state index contributed by atoms with van der Waals surface area (Å²) in [4.78, 5) is 23.3. The number of nitrogens with zero attached hydrogens (tertiary/aromatic N) is 2. The summed E-state index contributed by atoms with van der Waals surface area (Å²) < 4.78 is 0. The van der Waals surface area contributed by atoms with E-state index >= 15 is 0 Å². The number of carboxylic acids is 1. The molecule has 1 amide bonds. The lowest BCUT2D eigenvalue weighted by Crippen LogP contribution is -2.41. The second-order valence-electron chi connectivity index (χ2n) is 3.16. The summed E-state index contributed by atoms with van der Waals surface area (Å²) in [5.74, 6) is -0.876. The number of carboxylic acid groups (broad SMARTS) is 1. The predicted octanol–water partition coefficient (Wildman–Crippen LogP) is 0.565. The highest BCUT2D eigenvalue weighted by Gasteiger charge is 2.19. The molecule has 0 saturated carbocycles. The number of nitriles is 1. The van der Waals surface area contributed by atoms with Crippen LogP contribution in [0.5, 0.6) is 0 Å². The molecule has 0 aromatic rings. The molecule has 0 saturated heterocycles. The molecule has 0 rings (SSSR count). The van der Waals surface area contributed by atoms with E-state index in [1.165, 1.54) is 16.7 Å². The van der Waals surface area contributed by atoms with Crippen LogP contribution in [0.1, 0.15) is 13.8 Å². The second-order valence-corrected chi connectivity index (χ2v) is 4.15. The Hall–Kier alpha value is -1.22. The molecule has 0 fully saturated rings. The number of hydrogen-bond donors (Lipinski definition) is 1. The summed E-state index contributed by atoms with van der Waals surface area (Å²) in [6.45, 7) is 3.23. The van der Waals surface area contributed by atoms with Crippen molar-refractivity contribution < 1.29 is 14.7 Å². The quantitative estimate of drug-likeness (QED) is 0.674. The lowest BCUT2D eigenvalue weighted by Gasteiger charge is -2.24. The van der Waals surface area contributed by atoms with E-state index in [0.717, 1.165) is 0 Å². The van der Waals surface area contributed by atoms with Gasteiger partial charge in [-0.2, -0.15) is 5.26 Å². The maximum Gasteiger partial charge on any atom is 0.323 e. The number of aliphatic carboxylic acids is 1. The SMILES string of the molecule is CC(C)N(CC(=O)O)C(=O)CSCC#N. The first kappa shape index (κ1) is 13.8. The lowest BCUT2D eigenvalue weighted by atomic mass is 10.3. The Bertz CT molecular complexity index is 273. The number of carbonyl (C=O) groups is 2. The number of thioether (sulfide) groups is 1. The van der Waals surface area contributed by atoms with E-state index in [2.05, 4.69) is 0 Å². The fourth-order valence-electron chi connectivity index (χ4n) is 0.971. The average molecular weight is 230 g/mol. The zero-order valence-electron chi connectivity index (χ0n) is 8.77. The standard InChI is InChI=1S/C9H14N2O3S/c1-7(2)11(5-9(13)14)8(12)6-15-4-3-10/h7H,4-6H2,1-2H3,(H,13,14). The fraction of sp³-hybridized carbons (Fsp3) is 0.667. The number of carbonyl (C=O) groups excluding carboxylic acids is 1. The molecule has 0 radical (unpaired) electrons. The van der Waals surface area contributed by atoms with Crippen LogP contribution in [0.25, 0.3) is 0 Å². The molecule has 0 aromatic heterocycles. The van der Waals surface area contributed by atoms with Crippen LogP contribution >= 0.6 is 11.8 Å². The van der Waals surface area contributed by atoms with E-state index in [4.69, 9.17) is 10.4 Å². The van der Waals surface area contributed by atoms with Gasteiger partial charge in [0.05, 0.1) is 17.6 Å². The van der Waals surface area contributed by atoms with Gasteiger partial charge in [-0.3, -0.25) is 9.59 Å².